The van der Waals surface area contributed by atoms with E-state index in [0.717, 1.165) is 0 Å². The Hall–Kier alpha value is -1.65. The molecule has 1 aromatic rings. The molecule has 16 heavy (non-hydrogen) atoms. The number of rotatable bonds is 6. The van der Waals surface area contributed by atoms with Crippen molar-refractivity contribution in [1.29, 1.82) is 0 Å². The van der Waals surface area contributed by atoms with Crippen molar-refractivity contribution in [2.24, 2.45) is 0 Å². The first kappa shape index (κ1) is 12.4. The summed E-state index contributed by atoms with van der Waals surface area (Å²) in [5.41, 5.74) is 1.42. The zero-order chi connectivity index (χ0) is 12.1. The smallest absolute Gasteiger partial charge is 0.302 e. The van der Waals surface area contributed by atoms with Crippen molar-refractivity contribution in [2.75, 3.05) is 13.2 Å². The van der Waals surface area contributed by atoms with Crippen molar-refractivity contribution in [3.05, 3.63) is 21.4 Å². The SMILES string of the molecule is CC(=O)OCCc1c(CCOC(C)=O)c1=O. The molecule has 0 aliphatic rings. The van der Waals surface area contributed by atoms with Crippen LogP contribution in [0, 0.1) is 0 Å². The van der Waals surface area contributed by atoms with E-state index in [4.69, 9.17) is 9.47 Å². The molecular weight excluding hydrogens is 212 g/mol. The zero-order valence-corrected chi connectivity index (χ0v) is 9.37. The van der Waals surface area contributed by atoms with Gasteiger partial charge in [0.1, 0.15) is 0 Å². The first-order valence-corrected chi connectivity index (χ1v) is 5.06. The van der Waals surface area contributed by atoms with Gasteiger partial charge in [-0.1, -0.05) is 0 Å². The van der Waals surface area contributed by atoms with Crippen LogP contribution in [0.4, 0.5) is 0 Å². The van der Waals surface area contributed by atoms with E-state index in [1.54, 1.807) is 0 Å². The highest BCUT2D eigenvalue weighted by Crippen LogP contribution is 2.11. The normalized spacial score (nSPS) is 10.4. The first-order chi connectivity index (χ1) is 7.52. The largest absolute Gasteiger partial charge is 0.466 e. The summed E-state index contributed by atoms with van der Waals surface area (Å²) in [5, 5.41) is 0. The summed E-state index contributed by atoms with van der Waals surface area (Å²) in [6.07, 6.45) is 0.904. The number of hydrogen-bond donors (Lipinski definition) is 0. The Morgan fingerprint density at radius 3 is 1.62 bits per heavy atom. The van der Waals surface area contributed by atoms with Crippen LogP contribution in [0.2, 0.25) is 0 Å². The Bertz CT molecular complexity index is 362. The van der Waals surface area contributed by atoms with Crippen LogP contribution in [-0.4, -0.2) is 25.2 Å². The van der Waals surface area contributed by atoms with Crippen LogP contribution in [0.1, 0.15) is 25.0 Å². The molecule has 0 saturated heterocycles. The molecule has 5 heteroatoms. The van der Waals surface area contributed by atoms with E-state index in [1.165, 1.54) is 13.8 Å². The molecule has 0 fully saturated rings. The third-order valence-electron chi connectivity index (χ3n) is 2.16. The van der Waals surface area contributed by atoms with E-state index in [0.29, 0.717) is 24.0 Å². The Morgan fingerprint density at radius 2 is 1.31 bits per heavy atom. The zero-order valence-electron chi connectivity index (χ0n) is 9.37. The summed E-state index contributed by atoms with van der Waals surface area (Å²) < 4.78 is 9.44. The molecule has 0 spiro atoms. The average molecular weight is 226 g/mol. The van der Waals surface area contributed by atoms with Gasteiger partial charge in [-0.15, -0.1) is 0 Å². The van der Waals surface area contributed by atoms with Crippen LogP contribution >= 0.6 is 0 Å². The highest BCUT2D eigenvalue weighted by Gasteiger charge is 2.21. The monoisotopic (exact) mass is 226 g/mol. The molecule has 0 heterocycles. The lowest BCUT2D eigenvalue weighted by Gasteiger charge is -1.98. The lowest BCUT2D eigenvalue weighted by atomic mass is 10.3. The quantitative estimate of drug-likeness (QED) is 0.645. The number of ether oxygens (including phenoxy) is 2. The molecule has 5 nitrogen and oxygen atoms in total. The molecule has 0 aliphatic carbocycles. The van der Waals surface area contributed by atoms with Gasteiger partial charge in [-0.05, 0) is 0 Å². The summed E-state index contributed by atoms with van der Waals surface area (Å²) >= 11 is 0. The van der Waals surface area contributed by atoms with Gasteiger partial charge in [-0.2, -0.15) is 0 Å². The molecule has 0 aromatic heterocycles. The van der Waals surface area contributed by atoms with Crippen molar-refractivity contribution < 1.29 is 19.1 Å². The number of carbonyl (C=O) groups excluding carboxylic acids is 2. The van der Waals surface area contributed by atoms with Crippen molar-refractivity contribution >= 4 is 11.9 Å². The number of esters is 2. The maximum Gasteiger partial charge on any atom is 0.302 e. The van der Waals surface area contributed by atoms with Crippen LogP contribution < -0.4 is 5.43 Å². The van der Waals surface area contributed by atoms with Crippen molar-refractivity contribution in [3.63, 3.8) is 0 Å². The Balaban J connectivity index is 2.22. The molecular formula is C11H14O5. The van der Waals surface area contributed by atoms with Gasteiger partial charge in [-0.25, -0.2) is 0 Å². The summed E-state index contributed by atoms with van der Waals surface area (Å²) in [7, 11) is 0. The van der Waals surface area contributed by atoms with Gasteiger partial charge in [0.2, 0.25) is 0 Å². The maximum absolute atomic E-state index is 11.2. The molecule has 1 rings (SSSR count). The van der Waals surface area contributed by atoms with E-state index >= 15 is 0 Å². The summed E-state index contributed by atoms with van der Waals surface area (Å²) in [6, 6.07) is 0. The van der Waals surface area contributed by atoms with Gasteiger partial charge < -0.3 is 9.47 Å². The second kappa shape index (κ2) is 5.44. The van der Waals surface area contributed by atoms with E-state index in [2.05, 4.69) is 0 Å². The van der Waals surface area contributed by atoms with Gasteiger partial charge in [0.15, 0.2) is 5.43 Å². The van der Waals surface area contributed by atoms with Crippen molar-refractivity contribution in [1.82, 2.24) is 0 Å². The fourth-order valence-electron chi connectivity index (χ4n) is 1.37. The third kappa shape index (κ3) is 3.84. The molecule has 0 atom stereocenters. The predicted octanol–water partition coefficient (Wildman–Crippen LogP) is 0.134. The van der Waals surface area contributed by atoms with E-state index in [1.807, 2.05) is 0 Å². The van der Waals surface area contributed by atoms with Gasteiger partial charge >= 0.3 is 11.9 Å². The van der Waals surface area contributed by atoms with Crippen LogP contribution in [-0.2, 0) is 31.9 Å². The number of carbonyl (C=O) groups is 2. The molecule has 0 bridgehead atoms. The van der Waals surface area contributed by atoms with Gasteiger partial charge in [0.25, 0.3) is 0 Å². The van der Waals surface area contributed by atoms with Gasteiger partial charge in [0.05, 0.1) is 13.2 Å². The fraction of sp³-hybridized carbons (Fsp3) is 0.545. The van der Waals surface area contributed by atoms with E-state index in [9.17, 15) is 14.4 Å². The third-order valence-corrected chi connectivity index (χ3v) is 2.16. The van der Waals surface area contributed by atoms with Gasteiger partial charge in [0, 0.05) is 37.8 Å². The van der Waals surface area contributed by atoms with Crippen LogP contribution in [0.5, 0.6) is 0 Å². The lowest BCUT2D eigenvalue weighted by molar-refractivity contribution is -0.141. The first-order valence-electron chi connectivity index (χ1n) is 5.06. The summed E-state index contributed by atoms with van der Waals surface area (Å²) in [5.74, 6) is -0.703. The van der Waals surface area contributed by atoms with Crippen LogP contribution in [0.25, 0.3) is 0 Å². The molecule has 0 aliphatic heterocycles. The molecule has 0 N–H and O–H groups in total. The maximum atomic E-state index is 11.2. The van der Waals surface area contributed by atoms with Crippen LogP contribution in [0.3, 0.4) is 0 Å². The van der Waals surface area contributed by atoms with Crippen molar-refractivity contribution in [2.45, 2.75) is 26.7 Å². The molecule has 0 radical (unpaired) electrons. The Labute approximate surface area is 93.0 Å². The second-order valence-corrected chi connectivity index (χ2v) is 3.47. The second-order valence-electron chi connectivity index (χ2n) is 3.47. The summed E-state index contributed by atoms with van der Waals surface area (Å²) in [4.78, 5) is 32.2. The van der Waals surface area contributed by atoms with E-state index < -0.39 is 0 Å². The topological polar surface area (TPSA) is 69.7 Å². The average Bonchev–Trinajstić information content (AvgIpc) is 2.76. The Kier molecular flexibility index (Phi) is 4.22. The highest BCUT2D eigenvalue weighted by atomic mass is 16.5. The van der Waals surface area contributed by atoms with E-state index in [-0.39, 0.29) is 30.6 Å². The fourth-order valence-corrected chi connectivity index (χ4v) is 1.37. The molecule has 0 saturated carbocycles. The lowest BCUT2D eigenvalue weighted by Crippen LogP contribution is -2.03. The summed E-state index contributed by atoms with van der Waals surface area (Å²) in [6.45, 7) is 3.11. The standard InChI is InChI=1S/C11H14O5/c1-7(12)15-5-3-9-10(11(9)14)4-6-16-8(2)13/h3-6H2,1-2H3. The molecule has 0 amide bonds. The highest BCUT2D eigenvalue weighted by molar-refractivity contribution is 5.66. The molecule has 0 unspecified atom stereocenters. The minimum atomic E-state index is -0.352. The molecule has 88 valence electrons. The van der Waals surface area contributed by atoms with Crippen molar-refractivity contribution in [3.8, 4) is 0 Å². The van der Waals surface area contributed by atoms with Gasteiger partial charge in [-0.3, -0.25) is 14.4 Å². The van der Waals surface area contributed by atoms with Crippen LogP contribution in [0.15, 0.2) is 4.79 Å². The molecule has 1 aromatic carbocycles. The minimum absolute atomic E-state index is 0.0132. The predicted molar refractivity (Wildman–Crippen MR) is 55.8 cm³/mol. The Morgan fingerprint density at radius 1 is 0.938 bits per heavy atom. The number of hydrogen-bond acceptors (Lipinski definition) is 5. The minimum Gasteiger partial charge on any atom is -0.466 e.